The molecule has 1 aromatic carbocycles. The lowest BCUT2D eigenvalue weighted by atomic mass is 10.2. The monoisotopic (exact) mass is 378 g/mol. The zero-order valence-corrected chi connectivity index (χ0v) is 15.6. The molecule has 9 heteroatoms. The largest absolute Gasteiger partial charge is 0.497 e. The Bertz CT molecular complexity index is 894. The average molecular weight is 378 g/mol. The minimum atomic E-state index is -3.60. The van der Waals surface area contributed by atoms with Gasteiger partial charge in [-0.2, -0.15) is 9.40 Å². The van der Waals surface area contributed by atoms with Gasteiger partial charge in [0.2, 0.25) is 10.0 Å². The summed E-state index contributed by atoms with van der Waals surface area (Å²) in [6.07, 6.45) is 3.41. The summed E-state index contributed by atoms with van der Waals surface area (Å²) in [7, 11) is -0.368. The van der Waals surface area contributed by atoms with Crippen LogP contribution in [0.15, 0.2) is 41.6 Å². The topological polar surface area (TPSA) is 84.7 Å². The van der Waals surface area contributed by atoms with Crippen molar-refractivity contribution in [2.75, 3.05) is 33.3 Å². The van der Waals surface area contributed by atoms with E-state index in [0.29, 0.717) is 37.4 Å². The van der Waals surface area contributed by atoms with E-state index in [-0.39, 0.29) is 17.3 Å². The number of hydrogen-bond donors (Lipinski definition) is 0. The molecule has 2 heterocycles. The fourth-order valence-electron chi connectivity index (χ4n) is 2.96. The molecule has 1 aromatic heterocycles. The van der Waals surface area contributed by atoms with Crippen molar-refractivity contribution >= 4 is 15.9 Å². The van der Waals surface area contributed by atoms with Crippen LogP contribution in [0.2, 0.25) is 0 Å². The van der Waals surface area contributed by atoms with Crippen molar-refractivity contribution in [1.82, 2.24) is 19.0 Å². The average Bonchev–Trinajstić information content (AvgIpc) is 2.94. The van der Waals surface area contributed by atoms with Crippen molar-refractivity contribution in [3.63, 3.8) is 0 Å². The van der Waals surface area contributed by atoms with Crippen LogP contribution in [0.4, 0.5) is 0 Å². The van der Waals surface area contributed by atoms with E-state index in [2.05, 4.69) is 5.10 Å². The molecule has 0 radical (unpaired) electrons. The molecule has 0 atom stereocenters. The maximum atomic E-state index is 12.7. The standard InChI is InChI=1S/C17H22N4O4S/c1-19-13-16(12-18-19)26(23,24)21-8-4-7-20(9-10-21)17(22)14-5-3-6-15(11-14)25-2/h3,5-6,11-13H,4,7-10H2,1-2H3. The van der Waals surface area contributed by atoms with Gasteiger partial charge in [-0.15, -0.1) is 0 Å². The lowest BCUT2D eigenvalue weighted by Gasteiger charge is -2.21. The van der Waals surface area contributed by atoms with E-state index in [1.54, 1.807) is 43.3 Å². The molecule has 0 spiro atoms. The van der Waals surface area contributed by atoms with Crippen LogP contribution in [-0.2, 0) is 17.1 Å². The second-order valence-electron chi connectivity index (χ2n) is 6.13. The number of rotatable bonds is 4. The van der Waals surface area contributed by atoms with Gasteiger partial charge in [0.05, 0.1) is 13.3 Å². The van der Waals surface area contributed by atoms with Gasteiger partial charge in [0.25, 0.3) is 5.91 Å². The molecule has 140 valence electrons. The molecule has 1 aliphatic rings. The Morgan fingerprint density at radius 2 is 2.00 bits per heavy atom. The Morgan fingerprint density at radius 1 is 1.19 bits per heavy atom. The molecule has 0 N–H and O–H groups in total. The van der Waals surface area contributed by atoms with E-state index < -0.39 is 10.0 Å². The smallest absolute Gasteiger partial charge is 0.254 e. The predicted octanol–water partition coefficient (Wildman–Crippen LogP) is 0.965. The highest BCUT2D eigenvalue weighted by molar-refractivity contribution is 7.89. The van der Waals surface area contributed by atoms with E-state index >= 15 is 0 Å². The second kappa shape index (κ2) is 7.46. The number of aromatic nitrogens is 2. The minimum absolute atomic E-state index is 0.121. The van der Waals surface area contributed by atoms with Gasteiger partial charge in [0.15, 0.2) is 0 Å². The third kappa shape index (κ3) is 3.73. The van der Waals surface area contributed by atoms with Crippen LogP contribution < -0.4 is 4.74 Å². The Balaban J connectivity index is 1.72. The zero-order valence-electron chi connectivity index (χ0n) is 14.8. The Hall–Kier alpha value is -2.39. The number of sulfonamides is 1. The molecular formula is C17H22N4O4S. The van der Waals surface area contributed by atoms with Crippen LogP contribution in [0.1, 0.15) is 16.8 Å². The van der Waals surface area contributed by atoms with Crippen molar-refractivity contribution < 1.29 is 17.9 Å². The number of amides is 1. The maximum absolute atomic E-state index is 12.7. The summed E-state index contributed by atoms with van der Waals surface area (Å²) in [5, 5.41) is 3.93. The summed E-state index contributed by atoms with van der Waals surface area (Å²) in [6.45, 7) is 1.48. The first kappa shape index (κ1) is 18.4. The number of aryl methyl sites for hydroxylation is 1. The summed E-state index contributed by atoms with van der Waals surface area (Å²) < 4.78 is 33.5. The van der Waals surface area contributed by atoms with Crippen LogP contribution >= 0.6 is 0 Å². The van der Waals surface area contributed by atoms with Crippen molar-refractivity contribution in [3.8, 4) is 5.75 Å². The fourth-order valence-corrected chi connectivity index (χ4v) is 4.41. The summed E-state index contributed by atoms with van der Waals surface area (Å²) in [5.41, 5.74) is 0.535. The summed E-state index contributed by atoms with van der Waals surface area (Å²) in [4.78, 5) is 14.6. The molecule has 26 heavy (non-hydrogen) atoms. The number of carbonyl (C=O) groups excluding carboxylic acids is 1. The number of hydrogen-bond acceptors (Lipinski definition) is 5. The molecule has 1 amide bonds. The Kier molecular flexibility index (Phi) is 5.28. The maximum Gasteiger partial charge on any atom is 0.254 e. The number of ether oxygens (including phenoxy) is 1. The van der Waals surface area contributed by atoms with E-state index in [0.717, 1.165) is 0 Å². The number of benzene rings is 1. The molecule has 1 saturated heterocycles. The molecule has 1 aliphatic heterocycles. The number of nitrogens with zero attached hydrogens (tertiary/aromatic N) is 4. The van der Waals surface area contributed by atoms with Crippen LogP contribution in [0, 0.1) is 0 Å². The summed E-state index contributed by atoms with van der Waals surface area (Å²) in [6, 6.07) is 6.97. The third-order valence-corrected chi connectivity index (χ3v) is 6.23. The summed E-state index contributed by atoms with van der Waals surface area (Å²) >= 11 is 0. The first-order valence-corrected chi connectivity index (χ1v) is 9.78. The van der Waals surface area contributed by atoms with Gasteiger partial charge in [0, 0.05) is 45.0 Å². The number of methoxy groups -OCH3 is 1. The normalized spacial score (nSPS) is 16.3. The van der Waals surface area contributed by atoms with Crippen LogP contribution in [0.3, 0.4) is 0 Å². The predicted molar refractivity (Wildman–Crippen MR) is 95.5 cm³/mol. The molecule has 3 rings (SSSR count). The van der Waals surface area contributed by atoms with Crippen molar-refractivity contribution in [2.45, 2.75) is 11.3 Å². The molecular weight excluding hydrogens is 356 g/mol. The lowest BCUT2D eigenvalue weighted by molar-refractivity contribution is 0.0764. The Labute approximate surface area is 153 Å². The summed E-state index contributed by atoms with van der Waals surface area (Å²) in [5.74, 6) is 0.496. The van der Waals surface area contributed by atoms with Gasteiger partial charge in [0.1, 0.15) is 10.6 Å². The fraction of sp³-hybridized carbons (Fsp3) is 0.412. The van der Waals surface area contributed by atoms with E-state index in [1.807, 2.05) is 0 Å². The van der Waals surface area contributed by atoms with Crippen molar-refractivity contribution in [3.05, 3.63) is 42.2 Å². The van der Waals surface area contributed by atoms with Gasteiger partial charge >= 0.3 is 0 Å². The lowest BCUT2D eigenvalue weighted by Crippen LogP contribution is -2.37. The molecule has 2 aromatic rings. The highest BCUT2D eigenvalue weighted by Crippen LogP contribution is 2.19. The van der Waals surface area contributed by atoms with Gasteiger partial charge in [-0.05, 0) is 24.6 Å². The number of carbonyl (C=O) groups is 1. The van der Waals surface area contributed by atoms with Crippen LogP contribution in [0.25, 0.3) is 0 Å². The second-order valence-corrected chi connectivity index (χ2v) is 8.07. The highest BCUT2D eigenvalue weighted by Gasteiger charge is 2.29. The van der Waals surface area contributed by atoms with Gasteiger partial charge in [-0.25, -0.2) is 8.42 Å². The van der Waals surface area contributed by atoms with Gasteiger partial charge in [-0.1, -0.05) is 6.07 Å². The first-order valence-electron chi connectivity index (χ1n) is 8.34. The molecule has 8 nitrogen and oxygen atoms in total. The van der Waals surface area contributed by atoms with Crippen molar-refractivity contribution in [1.29, 1.82) is 0 Å². The molecule has 0 bridgehead atoms. The molecule has 1 fully saturated rings. The van der Waals surface area contributed by atoms with E-state index in [4.69, 9.17) is 4.74 Å². The van der Waals surface area contributed by atoms with E-state index in [9.17, 15) is 13.2 Å². The molecule has 0 saturated carbocycles. The van der Waals surface area contributed by atoms with Crippen LogP contribution in [-0.4, -0.2) is 66.6 Å². The molecule has 0 aliphatic carbocycles. The van der Waals surface area contributed by atoms with Crippen molar-refractivity contribution in [2.24, 2.45) is 7.05 Å². The van der Waals surface area contributed by atoms with Crippen LogP contribution in [0.5, 0.6) is 5.75 Å². The zero-order chi connectivity index (χ0) is 18.7. The van der Waals surface area contributed by atoms with Gasteiger partial charge in [-0.3, -0.25) is 9.48 Å². The first-order chi connectivity index (χ1) is 12.4. The van der Waals surface area contributed by atoms with Gasteiger partial charge < -0.3 is 9.64 Å². The minimum Gasteiger partial charge on any atom is -0.497 e. The molecule has 0 unspecified atom stereocenters. The Morgan fingerprint density at radius 3 is 2.69 bits per heavy atom. The highest BCUT2D eigenvalue weighted by atomic mass is 32.2. The quantitative estimate of drug-likeness (QED) is 0.791. The van der Waals surface area contributed by atoms with E-state index in [1.165, 1.54) is 21.4 Å². The third-order valence-electron chi connectivity index (χ3n) is 4.38. The SMILES string of the molecule is COc1cccc(C(=O)N2CCCN(S(=O)(=O)c3cnn(C)c3)CC2)c1.